The van der Waals surface area contributed by atoms with Crippen LogP contribution in [0.25, 0.3) is 0 Å². The normalized spacial score (nSPS) is 30.4. The molecule has 0 spiro atoms. The lowest BCUT2D eigenvalue weighted by Gasteiger charge is -2.36. The van der Waals surface area contributed by atoms with Gasteiger partial charge in [0, 0.05) is 63.4 Å². The number of nitrogens with zero attached hydrogens (tertiary/aromatic N) is 2. The van der Waals surface area contributed by atoms with Crippen LogP contribution in [-0.4, -0.2) is 84.4 Å². The molecule has 0 aromatic rings. The van der Waals surface area contributed by atoms with Crippen LogP contribution in [0.1, 0.15) is 6.92 Å². The zero-order chi connectivity index (χ0) is 12.1. The summed E-state index contributed by atoms with van der Waals surface area (Å²) in [5.74, 6) is 2.42. The van der Waals surface area contributed by atoms with Crippen LogP contribution in [0.5, 0.6) is 0 Å². The van der Waals surface area contributed by atoms with E-state index in [0.717, 1.165) is 45.8 Å². The molecule has 0 saturated carbocycles. The van der Waals surface area contributed by atoms with Gasteiger partial charge in [-0.25, -0.2) is 0 Å². The average molecular weight is 259 g/mol. The van der Waals surface area contributed by atoms with Gasteiger partial charge < -0.3 is 10.4 Å². The summed E-state index contributed by atoms with van der Waals surface area (Å²) >= 11 is 2.03. The maximum atomic E-state index is 10.2. The van der Waals surface area contributed by atoms with Gasteiger partial charge in [0.2, 0.25) is 0 Å². The topological polar surface area (TPSA) is 38.7 Å². The van der Waals surface area contributed by atoms with Gasteiger partial charge in [-0.1, -0.05) is 0 Å². The monoisotopic (exact) mass is 259 g/mol. The predicted octanol–water partition coefficient (Wildman–Crippen LogP) is -0.310. The van der Waals surface area contributed by atoms with Crippen molar-refractivity contribution in [3.05, 3.63) is 0 Å². The van der Waals surface area contributed by atoms with E-state index in [4.69, 9.17) is 0 Å². The van der Waals surface area contributed by atoms with Crippen molar-refractivity contribution in [1.82, 2.24) is 15.1 Å². The number of thioether (sulfide) groups is 1. The van der Waals surface area contributed by atoms with E-state index in [-0.39, 0.29) is 6.10 Å². The Morgan fingerprint density at radius 1 is 1.29 bits per heavy atom. The summed E-state index contributed by atoms with van der Waals surface area (Å²) in [4.78, 5) is 4.80. The molecule has 2 aliphatic heterocycles. The van der Waals surface area contributed by atoms with Gasteiger partial charge in [-0.3, -0.25) is 9.80 Å². The van der Waals surface area contributed by atoms with Crippen molar-refractivity contribution in [3.63, 3.8) is 0 Å². The van der Waals surface area contributed by atoms with E-state index in [2.05, 4.69) is 22.0 Å². The lowest BCUT2D eigenvalue weighted by molar-refractivity contribution is 0.0612. The smallest absolute Gasteiger partial charge is 0.0793 e. The highest BCUT2D eigenvalue weighted by Gasteiger charge is 2.22. The number of β-amino-alcohol motifs (C(OH)–C–C–N with tert-alkyl or cyclic N) is 1. The molecule has 0 aromatic heterocycles. The standard InChI is InChI=1S/C12H25N3OS/c1-11-10-17-7-6-15(11)9-12(16)8-14-4-2-13-3-5-14/h11-13,16H,2-10H2,1H3. The van der Waals surface area contributed by atoms with Crippen molar-refractivity contribution >= 4 is 11.8 Å². The zero-order valence-electron chi connectivity index (χ0n) is 10.8. The first-order valence-corrected chi connectivity index (χ1v) is 7.84. The van der Waals surface area contributed by atoms with Crippen LogP contribution in [0.4, 0.5) is 0 Å². The van der Waals surface area contributed by atoms with Crippen LogP contribution in [-0.2, 0) is 0 Å². The minimum Gasteiger partial charge on any atom is -0.390 e. The molecule has 4 nitrogen and oxygen atoms in total. The Labute approximate surface area is 109 Å². The first kappa shape index (κ1) is 13.6. The molecule has 2 fully saturated rings. The molecule has 0 radical (unpaired) electrons. The second-order valence-electron chi connectivity index (χ2n) is 5.12. The quantitative estimate of drug-likeness (QED) is 0.725. The molecular formula is C12H25N3OS. The summed E-state index contributed by atoms with van der Waals surface area (Å²) in [5.41, 5.74) is 0. The molecule has 17 heavy (non-hydrogen) atoms. The van der Waals surface area contributed by atoms with E-state index in [1.807, 2.05) is 11.8 Å². The number of aliphatic hydroxyl groups excluding tert-OH is 1. The largest absolute Gasteiger partial charge is 0.390 e. The van der Waals surface area contributed by atoms with Gasteiger partial charge in [-0.05, 0) is 6.92 Å². The van der Waals surface area contributed by atoms with Gasteiger partial charge in [0.1, 0.15) is 0 Å². The Balaban J connectivity index is 1.70. The fraction of sp³-hybridized carbons (Fsp3) is 1.00. The molecule has 0 bridgehead atoms. The Kier molecular flexibility index (Phi) is 5.56. The molecule has 0 aliphatic carbocycles. The summed E-state index contributed by atoms with van der Waals surface area (Å²) in [6.07, 6.45) is -0.196. The minimum atomic E-state index is -0.196. The Morgan fingerprint density at radius 3 is 2.76 bits per heavy atom. The number of nitrogens with one attached hydrogen (secondary N) is 1. The third-order valence-electron chi connectivity index (χ3n) is 3.63. The highest BCUT2D eigenvalue weighted by Crippen LogP contribution is 2.16. The summed E-state index contributed by atoms with van der Waals surface area (Å²) in [5, 5.41) is 13.5. The molecule has 2 saturated heterocycles. The van der Waals surface area contributed by atoms with Gasteiger partial charge >= 0.3 is 0 Å². The third-order valence-corrected chi connectivity index (χ3v) is 4.82. The van der Waals surface area contributed by atoms with Crippen LogP contribution in [0.3, 0.4) is 0 Å². The van der Waals surface area contributed by atoms with Crippen molar-refractivity contribution in [1.29, 1.82) is 0 Å². The third kappa shape index (κ3) is 4.41. The van der Waals surface area contributed by atoms with Crippen LogP contribution >= 0.6 is 11.8 Å². The van der Waals surface area contributed by atoms with Crippen LogP contribution in [0, 0.1) is 0 Å². The molecule has 2 N–H and O–H groups in total. The maximum absolute atomic E-state index is 10.2. The van der Waals surface area contributed by atoms with E-state index in [1.165, 1.54) is 11.5 Å². The molecule has 100 valence electrons. The fourth-order valence-corrected chi connectivity index (χ4v) is 3.64. The number of piperazine rings is 1. The van der Waals surface area contributed by atoms with Gasteiger partial charge in [-0.15, -0.1) is 0 Å². The molecule has 2 heterocycles. The number of aliphatic hydroxyl groups is 1. The van der Waals surface area contributed by atoms with Crippen molar-refractivity contribution in [2.24, 2.45) is 0 Å². The SMILES string of the molecule is CC1CSCCN1CC(O)CN1CCNCC1. The van der Waals surface area contributed by atoms with E-state index in [1.54, 1.807) is 0 Å². The summed E-state index contributed by atoms with van der Waals surface area (Å²) < 4.78 is 0. The number of rotatable bonds is 4. The zero-order valence-corrected chi connectivity index (χ0v) is 11.6. The van der Waals surface area contributed by atoms with Gasteiger partial charge in [0.25, 0.3) is 0 Å². The average Bonchev–Trinajstić information content (AvgIpc) is 2.33. The predicted molar refractivity (Wildman–Crippen MR) is 73.7 cm³/mol. The van der Waals surface area contributed by atoms with E-state index >= 15 is 0 Å². The Bertz CT molecular complexity index is 224. The Morgan fingerprint density at radius 2 is 2.06 bits per heavy atom. The highest BCUT2D eigenvalue weighted by atomic mass is 32.2. The summed E-state index contributed by atoms with van der Waals surface area (Å²) in [7, 11) is 0. The number of hydrogen-bond donors (Lipinski definition) is 2. The molecule has 5 heteroatoms. The molecule has 0 aromatic carbocycles. The lowest BCUT2D eigenvalue weighted by atomic mass is 10.2. The molecule has 2 rings (SSSR count). The second-order valence-corrected chi connectivity index (χ2v) is 6.27. The second kappa shape index (κ2) is 6.95. The van der Waals surface area contributed by atoms with Gasteiger partial charge in [0.15, 0.2) is 0 Å². The molecular weight excluding hydrogens is 234 g/mol. The molecule has 0 amide bonds. The lowest BCUT2D eigenvalue weighted by Crippen LogP contribution is -2.50. The van der Waals surface area contributed by atoms with Crippen molar-refractivity contribution in [2.45, 2.75) is 19.1 Å². The van der Waals surface area contributed by atoms with Gasteiger partial charge in [0.05, 0.1) is 6.10 Å². The van der Waals surface area contributed by atoms with E-state index in [0.29, 0.717) is 6.04 Å². The van der Waals surface area contributed by atoms with Crippen LogP contribution < -0.4 is 5.32 Å². The van der Waals surface area contributed by atoms with Crippen LogP contribution in [0.2, 0.25) is 0 Å². The van der Waals surface area contributed by atoms with E-state index < -0.39 is 0 Å². The van der Waals surface area contributed by atoms with Crippen molar-refractivity contribution in [3.8, 4) is 0 Å². The van der Waals surface area contributed by atoms with E-state index in [9.17, 15) is 5.11 Å². The summed E-state index contributed by atoms with van der Waals surface area (Å²) in [6, 6.07) is 0.617. The maximum Gasteiger partial charge on any atom is 0.0793 e. The van der Waals surface area contributed by atoms with Crippen molar-refractivity contribution < 1.29 is 5.11 Å². The molecule has 2 atom stereocenters. The van der Waals surface area contributed by atoms with Crippen molar-refractivity contribution in [2.75, 3.05) is 57.3 Å². The summed E-state index contributed by atoms with van der Waals surface area (Å²) in [6.45, 7) is 9.33. The van der Waals surface area contributed by atoms with Gasteiger partial charge in [-0.2, -0.15) is 11.8 Å². The number of hydrogen-bond acceptors (Lipinski definition) is 5. The fourth-order valence-electron chi connectivity index (χ4n) is 2.55. The first-order valence-electron chi connectivity index (χ1n) is 6.68. The highest BCUT2D eigenvalue weighted by molar-refractivity contribution is 7.99. The molecule has 2 aliphatic rings. The Hall–Kier alpha value is 0.190. The minimum absolute atomic E-state index is 0.196. The van der Waals surface area contributed by atoms with Crippen LogP contribution in [0.15, 0.2) is 0 Å². The molecule has 2 unspecified atom stereocenters. The first-order chi connectivity index (χ1) is 8.25.